The summed E-state index contributed by atoms with van der Waals surface area (Å²) in [5.41, 5.74) is 3.04. The second-order valence-electron chi connectivity index (χ2n) is 7.74. The average Bonchev–Trinajstić information content (AvgIpc) is 2.98. The molecule has 1 saturated heterocycles. The zero-order chi connectivity index (χ0) is 17.9. The van der Waals surface area contributed by atoms with Gasteiger partial charge in [-0.25, -0.2) is 0 Å². The fourth-order valence-electron chi connectivity index (χ4n) is 4.57. The Labute approximate surface area is 151 Å². The van der Waals surface area contributed by atoms with E-state index < -0.39 is 0 Å². The zero-order valence-electron chi connectivity index (χ0n) is 15.1. The molecule has 6 heteroatoms. The highest BCUT2D eigenvalue weighted by Gasteiger charge is 2.58. The lowest BCUT2D eigenvalue weighted by molar-refractivity contribution is 0.0674. The van der Waals surface area contributed by atoms with E-state index >= 15 is 0 Å². The molecule has 1 spiro atoms. The number of aromatic amines is 1. The molecule has 3 heterocycles. The van der Waals surface area contributed by atoms with Crippen molar-refractivity contribution in [3.63, 3.8) is 0 Å². The van der Waals surface area contributed by atoms with Gasteiger partial charge in [0.2, 0.25) is 11.8 Å². The Balaban J connectivity index is 1.33. The lowest BCUT2D eigenvalue weighted by Crippen LogP contribution is -2.39. The maximum absolute atomic E-state index is 13.1. The monoisotopic (exact) mass is 350 g/mol. The van der Waals surface area contributed by atoms with Crippen molar-refractivity contribution in [2.45, 2.75) is 39.0 Å². The van der Waals surface area contributed by atoms with E-state index in [2.05, 4.69) is 15.2 Å². The summed E-state index contributed by atoms with van der Waals surface area (Å²) >= 11 is 0. The fourth-order valence-corrected chi connectivity index (χ4v) is 4.57. The van der Waals surface area contributed by atoms with Crippen LogP contribution in [0.1, 0.15) is 53.0 Å². The molecule has 1 aliphatic heterocycles. The molecule has 134 valence electrons. The molecule has 0 radical (unpaired) electrons. The van der Waals surface area contributed by atoms with Crippen molar-refractivity contribution in [3.8, 4) is 0 Å². The van der Waals surface area contributed by atoms with E-state index in [9.17, 15) is 4.79 Å². The molecular weight excluding hydrogens is 328 g/mol. The first-order valence-corrected chi connectivity index (χ1v) is 9.24. The first kappa shape index (κ1) is 15.6. The van der Waals surface area contributed by atoms with E-state index in [-0.39, 0.29) is 11.3 Å². The molecule has 1 amide bonds. The zero-order valence-corrected chi connectivity index (χ0v) is 15.1. The van der Waals surface area contributed by atoms with Gasteiger partial charge in [-0.2, -0.15) is 0 Å². The summed E-state index contributed by atoms with van der Waals surface area (Å²) in [6, 6.07) is 8.01. The van der Waals surface area contributed by atoms with Crippen LogP contribution in [0.15, 0.2) is 28.7 Å². The Bertz CT molecular complexity index is 994. The largest absolute Gasteiger partial charge is 0.425 e. The van der Waals surface area contributed by atoms with E-state index in [1.807, 2.05) is 43.0 Å². The molecule has 5 rings (SSSR count). The summed E-state index contributed by atoms with van der Waals surface area (Å²) in [7, 11) is 0. The molecule has 1 aliphatic carbocycles. The van der Waals surface area contributed by atoms with Crippen LogP contribution in [0.2, 0.25) is 0 Å². The highest BCUT2D eigenvalue weighted by atomic mass is 16.4. The lowest BCUT2D eigenvalue weighted by atomic mass is 9.90. The van der Waals surface area contributed by atoms with Crippen molar-refractivity contribution < 1.29 is 9.21 Å². The van der Waals surface area contributed by atoms with E-state index in [1.165, 1.54) is 0 Å². The van der Waals surface area contributed by atoms with Gasteiger partial charge < -0.3 is 14.3 Å². The normalized spacial score (nSPS) is 21.5. The SMILES string of the molecule is Cc1nnc(C2CC23CCN(C(=O)c2c(C)[nH]c4ccccc24)CC3)o1. The number of aromatic nitrogens is 3. The van der Waals surface area contributed by atoms with Crippen LogP contribution in [-0.2, 0) is 0 Å². The number of hydrogen-bond donors (Lipinski definition) is 1. The number of H-pyrrole nitrogens is 1. The van der Waals surface area contributed by atoms with Gasteiger partial charge in [-0.15, -0.1) is 10.2 Å². The number of carbonyl (C=O) groups excluding carboxylic acids is 1. The third-order valence-corrected chi connectivity index (χ3v) is 6.18. The Morgan fingerprint density at radius 2 is 2.00 bits per heavy atom. The van der Waals surface area contributed by atoms with Gasteiger partial charge in [-0.05, 0) is 37.7 Å². The third kappa shape index (κ3) is 2.28. The number of rotatable bonds is 2. The van der Waals surface area contributed by atoms with Crippen molar-refractivity contribution >= 4 is 16.8 Å². The number of para-hydroxylation sites is 1. The van der Waals surface area contributed by atoms with Crippen LogP contribution in [0, 0.1) is 19.3 Å². The molecular formula is C20H22N4O2. The molecule has 1 saturated carbocycles. The second kappa shape index (κ2) is 5.43. The molecule has 26 heavy (non-hydrogen) atoms. The van der Waals surface area contributed by atoms with Gasteiger partial charge in [-0.3, -0.25) is 4.79 Å². The van der Waals surface area contributed by atoms with Crippen LogP contribution in [0.25, 0.3) is 10.9 Å². The predicted molar refractivity (Wildman–Crippen MR) is 97.0 cm³/mol. The van der Waals surface area contributed by atoms with Gasteiger partial charge in [-0.1, -0.05) is 18.2 Å². The Kier molecular flexibility index (Phi) is 3.26. The lowest BCUT2D eigenvalue weighted by Gasteiger charge is -2.32. The summed E-state index contributed by atoms with van der Waals surface area (Å²) < 4.78 is 5.63. The molecule has 1 unspecified atom stereocenters. The number of hydrogen-bond acceptors (Lipinski definition) is 4. The topological polar surface area (TPSA) is 75.0 Å². The highest BCUT2D eigenvalue weighted by molar-refractivity contribution is 6.08. The fraction of sp³-hybridized carbons (Fsp3) is 0.450. The van der Waals surface area contributed by atoms with Gasteiger partial charge in [0.05, 0.1) is 5.56 Å². The van der Waals surface area contributed by atoms with Gasteiger partial charge in [0.15, 0.2) is 0 Å². The summed E-state index contributed by atoms with van der Waals surface area (Å²) in [5, 5.41) is 9.17. The Morgan fingerprint density at radius 3 is 2.73 bits per heavy atom. The van der Waals surface area contributed by atoms with E-state index in [1.54, 1.807) is 0 Å². The van der Waals surface area contributed by atoms with Gasteiger partial charge in [0, 0.05) is 42.5 Å². The van der Waals surface area contributed by atoms with Crippen LogP contribution >= 0.6 is 0 Å². The number of nitrogens with zero attached hydrogens (tertiary/aromatic N) is 3. The van der Waals surface area contributed by atoms with Crippen LogP contribution in [0.5, 0.6) is 0 Å². The van der Waals surface area contributed by atoms with Crippen LogP contribution in [0.4, 0.5) is 0 Å². The minimum atomic E-state index is 0.139. The van der Waals surface area contributed by atoms with E-state index in [0.29, 0.717) is 11.8 Å². The molecule has 1 aromatic carbocycles. The van der Waals surface area contributed by atoms with Crippen molar-refractivity contribution in [1.82, 2.24) is 20.1 Å². The Morgan fingerprint density at radius 1 is 1.23 bits per heavy atom. The first-order chi connectivity index (χ1) is 12.6. The molecule has 2 aromatic heterocycles. The highest BCUT2D eigenvalue weighted by Crippen LogP contribution is 2.64. The maximum Gasteiger partial charge on any atom is 0.256 e. The molecule has 3 aromatic rings. The molecule has 0 bridgehead atoms. The summed E-state index contributed by atoms with van der Waals surface area (Å²) in [6.07, 6.45) is 3.11. The van der Waals surface area contributed by atoms with Gasteiger partial charge in [0.25, 0.3) is 5.91 Å². The molecule has 2 fully saturated rings. The van der Waals surface area contributed by atoms with Crippen LogP contribution in [0.3, 0.4) is 0 Å². The number of aryl methyl sites for hydroxylation is 2. The number of carbonyl (C=O) groups is 1. The number of benzene rings is 1. The van der Waals surface area contributed by atoms with E-state index in [4.69, 9.17) is 4.42 Å². The van der Waals surface area contributed by atoms with Gasteiger partial charge in [0.1, 0.15) is 0 Å². The van der Waals surface area contributed by atoms with Gasteiger partial charge >= 0.3 is 0 Å². The number of piperidine rings is 1. The van der Waals surface area contributed by atoms with E-state index in [0.717, 1.165) is 60.4 Å². The number of fused-ring (bicyclic) bond motifs is 1. The number of nitrogens with one attached hydrogen (secondary N) is 1. The molecule has 6 nitrogen and oxygen atoms in total. The van der Waals surface area contributed by atoms with Crippen LogP contribution < -0.4 is 0 Å². The summed E-state index contributed by atoms with van der Waals surface area (Å²) in [6.45, 7) is 5.40. The minimum Gasteiger partial charge on any atom is -0.425 e. The quantitative estimate of drug-likeness (QED) is 0.766. The predicted octanol–water partition coefficient (Wildman–Crippen LogP) is 3.58. The third-order valence-electron chi connectivity index (χ3n) is 6.18. The first-order valence-electron chi connectivity index (χ1n) is 9.24. The summed E-state index contributed by atoms with van der Waals surface area (Å²) in [4.78, 5) is 18.5. The average molecular weight is 350 g/mol. The van der Waals surface area contributed by atoms with Crippen molar-refractivity contribution in [1.29, 1.82) is 0 Å². The second-order valence-corrected chi connectivity index (χ2v) is 7.74. The van der Waals surface area contributed by atoms with Crippen molar-refractivity contribution in [2.75, 3.05) is 13.1 Å². The van der Waals surface area contributed by atoms with Crippen LogP contribution in [-0.4, -0.2) is 39.1 Å². The standard InChI is InChI=1S/C20H22N4O2/c1-12-17(14-5-3-4-6-16(14)21-12)19(25)24-9-7-20(8-10-24)11-15(20)18-23-22-13(2)26-18/h3-6,15,21H,7-11H2,1-2H3. The number of likely N-dealkylation sites (tertiary alicyclic amines) is 1. The minimum absolute atomic E-state index is 0.139. The Hall–Kier alpha value is -2.63. The number of amides is 1. The molecule has 1 atom stereocenters. The molecule has 1 N–H and O–H groups in total. The van der Waals surface area contributed by atoms with Crippen molar-refractivity contribution in [3.05, 3.63) is 47.3 Å². The maximum atomic E-state index is 13.1. The summed E-state index contributed by atoms with van der Waals surface area (Å²) in [5.74, 6) is 1.91. The molecule has 2 aliphatic rings. The van der Waals surface area contributed by atoms with Crippen molar-refractivity contribution in [2.24, 2.45) is 5.41 Å². The smallest absolute Gasteiger partial charge is 0.256 e.